The van der Waals surface area contributed by atoms with Crippen molar-refractivity contribution in [1.82, 2.24) is 5.32 Å². The van der Waals surface area contributed by atoms with Gasteiger partial charge in [-0.25, -0.2) is 0 Å². The van der Waals surface area contributed by atoms with Gasteiger partial charge in [0.15, 0.2) is 0 Å². The van der Waals surface area contributed by atoms with Gasteiger partial charge in [0.25, 0.3) is 0 Å². The van der Waals surface area contributed by atoms with Gasteiger partial charge in [0.1, 0.15) is 5.75 Å². The van der Waals surface area contributed by atoms with E-state index in [0.717, 1.165) is 11.1 Å². The smallest absolute Gasteiger partial charge is 0.220 e. The highest BCUT2D eigenvalue weighted by Gasteiger charge is 2.20. The molecule has 0 aliphatic rings. The molecule has 1 atom stereocenters. The number of rotatable bonds is 4. The maximum absolute atomic E-state index is 11.7. The van der Waals surface area contributed by atoms with E-state index in [1.807, 2.05) is 24.3 Å². The number of hydrogen-bond acceptors (Lipinski definition) is 2. The van der Waals surface area contributed by atoms with Gasteiger partial charge in [0.2, 0.25) is 5.91 Å². The van der Waals surface area contributed by atoms with Crippen LogP contribution in [0.3, 0.4) is 0 Å². The summed E-state index contributed by atoms with van der Waals surface area (Å²) in [6.07, 6.45) is 0.281. The van der Waals surface area contributed by atoms with Crippen molar-refractivity contribution in [3.05, 3.63) is 64.7 Å². The molecule has 0 aliphatic heterocycles. The molecule has 2 rings (SSSR count). The molecule has 4 heteroatoms. The van der Waals surface area contributed by atoms with Crippen LogP contribution in [0.15, 0.2) is 48.5 Å². The largest absolute Gasteiger partial charge is 0.508 e. The summed E-state index contributed by atoms with van der Waals surface area (Å²) in [7, 11) is 1.61. The molecule has 2 aromatic carbocycles. The summed E-state index contributed by atoms with van der Waals surface area (Å²) >= 11 is 6.24. The molecule has 0 fully saturated rings. The highest BCUT2D eigenvalue weighted by atomic mass is 35.5. The van der Waals surface area contributed by atoms with Crippen LogP contribution in [0.4, 0.5) is 0 Å². The van der Waals surface area contributed by atoms with Crippen LogP contribution in [0, 0.1) is 0 Å². The number of nitrogens with one attached hydrogen (secondary N) is 1. The first-order valence-electron chi connectivity index (χ1n) is 6.35. The monoisotopic (exact) mass is 289 g/mol. The number of hydrogen-bond donors (Lipinski definition) is 2. The molecule has 0 heterocycles. The van der Waals surface area contributed by atoms with Crippen LogP contribution < -0.4 is 5.32 Å². The number of phenols is 1. The van der Waals surface area contributed by atoms with Crippen LogP contribution in [0.1, 0.15) is 23.5 Å². The van der Waals surface area contributed by atoms with Gasteiger partial charge in [-0.1, -0.05) is 41.9 Å². The Balaban J connectivity index is 2.45. The van der Waals surface area contributed by atoms with E-state index >= 15 is 0 Å². The number of aromatic hydroxyl groups is 1. The van der Waals surface area contributed by atoms with E-state index in [9.17, 15) is 9.90 Å². The molecule has 0 radical (unpaired) electrons. The Morgan fingerprint density at radius 3 is 2.65 bits per heavy atom. The molecule has 0 spiro atoms. The van der Waals surface area contributed by atoms with Gasteiger partial charge in [-0.05, 0) is 29.3 Å². The number of benzene rings is 2. The van der Waals surface area contributed by atoms with E-state index in [2.05, 4.69) is 5.32 Å². The van der Waals surface area contributed by atoms with Gasteiger partial charge >= 0.3 is 0 Å². The SMILES string of the molecule is CNC(=O)C[C@H](c1cccc(O)c1)c1ccccc1Cl. The van der Waals surface area contributed by atoms with Gasteiger partial charge in [0.05, 0.1) is 0 Å². The van der Waals surface area contributed by atoms with Gasteiger partial charge in [-0.3, -0.25) is 4.79 Å². The third-order valence-corrected chi connectivity index (χ3v) is 3.57. The van der Waals surface area contributed by atoms with Gasteiger partial charge in [-0.2, -0.15) is 0 Å². The number of carbonyl (C=O) groups is 1. The zero-order chi connectivity index (χ0) is 14.5. The average molecular weight is 290 g/mol. The summed E-state index contributed by atoms with van der Waals surface area (Å²) in [5.74, 6) is -0.0783. The lowest BCUT2D eigenvalue weighted by Crippen LogP contribution is -2.21. The van der Waals surface area contributed by atoms with Crippen molar-refractivity contribution in [1.29, 1.82) is 0 Å². The summed E-state index contributed by atoms with van der Waals surface area (Å²) < 4.78 is 0. The number of phenolic OH excluding ortho intramolecular Hbond substituents is 1. The minimum Gasteiger partial charge on any atom is -0.508 e. The number of amides is 1. The van der Waals surface area contributed by atoms with Gasteiger partial charge < -0.3 is 10.4 Å². The molecule has 0 aliphatic carbocycles. The summed E-state index contributed by atoms with van der Waals surface area (Å²) in [5.41, 5.74) is 1.74. The summed E-state index contributed by atoms with van der Waals surface area (Å²) in [4.78, 5) is 11.7. The Labute approximate surface area is 123 Å². The average Bonchev–Trinajstić information content (AvgIpc) is 2.45. The van der Waals surface area contributed by atoms with Crippen LogP contribution in [0.2, 0.25) is 5.02 Å². The first-order chi connectivity index (χ1) is 9.61. The van der Waals surface area contributed by atoms with E-state index in [-0.39, 0.29) is 24.0 Å². The highest BCUT2D eigenvalue weighted by molar-refractivity contribution is 6.31. The minimum atomic E-state index is -0.184. The third kappa shape index (κ3) is 3.31. The summed E-state index contributed by atoms with van der Waals surface area (Å²) in [6.45, 7) is 0. The van der Waals surface area contributed by atoms with Crippen molar-refractivity contribution < 1.29 is 9.90 Å². The molecular formula is C16H16ClNO2. The van der Waals surface area contributed by atoms with Crippen molar-refractivity contribution in [3.63, 3.8) is 0 Å². The second-order valence-corrected chi connectivity index (χ2v) is 4.95. The number of halogens is 1. The van der Waals surface area contributed by atoms with E-state index in [1.165, 1.54) is 0 Å². The maximum Gasteiger partial charge on any atom is 0.220 e. The van der Waals surface area contributed by atoms with Gasteiger partial charge in [0, 0.05) is 24.4 Å². The van der Waals surface area contributed by atoms with E-state index in [4.69, 9.17) is 11.6 Å². The molecular weight excluding hydrogens is 274 g/mol. The van der Waals surface area contributed by atoms with Crippen LogP contribution in [-0.2, 0) is 4.79 Å². The van der Waals surface area contributed by atoms with E-state index < -0.39 is 0 Å². The maximum atomic E-state index is 11.7. The zero-order valence-electron chi connectivity index (χ0n) is 11.1. The first kappa shape index (κ1) is 14.4. The number of carbonyl (C=O) groups excluding carboxylic acids is 1. The third-order valence-electron chi connectivity index (χ3n) is 3.22. The van der Waals surface area contributed by atoms with Crippen molar-refractivity contribution in [2.75, 3.05) is 7.05 Å². The van der Waals surface area contributed by atoms with Crippen LogP contribution in [0.25, 0.3) is 0 Å². The standard InChI is InChI=1S/C16H16ClNO2/c1-18-16(20)10-14(11-5-4-6-12(19)9-11)13-7-2-3-8-15(13)17/h2-9,14,19H,10H2,1H3,(H,18,20)/t14-/m1/s1. The van der Waals surface area contributed by atoms with Crippen molar-refractivity contribution >= 4 is 17.5 Å². The van der Waals surface area contributed by atoms with Crippen LogP contribution in [-0.4, -0.2) is 18.1 Å². The second-order valence-electron chi connectivity index (χ2n) is 4.55. The molecule has 0 saturated carbocycles. The Kier molecular flexibility index (Phi) is 4.64. The Hall–Kier alpha value is -2.00. The molecule has 0 unspecified atom stereocenters. The fourth-order valence-corrected chi connectivity index (χ4v) is 2.46. The first-order valence-corrected chi connectivity index (χ1v) is 6.73. The fraction of sp³-hybridized carbons (Fsp3) is 0.188. The van der Waals surface area contributed by atoms with E-state index in [0.29, 0.717) is 5.02 Å². The predicted octanol–water partition coefficient (Wildman–Crippen LogP) is 3.31. The minimum absolute atomic E-state index is 0.0711. The normalized spacial score (nSPS) is 11.9. The molecule has 0 bridgehead atoms. The van der Waals surface area contributed by atoms with Crippen molar-refractivity contribution in [2.24, 2.45) is 0 Å². The topological polar surface area (TPSA) is 49.3 Å². The molecule has 3 nitrogen and oxygen atoms in total. The Bertz CT molecular complexity index is 613. The van der Waals surface area contributed by atoms with Crippen molar-refractivity contribution in [2.45, 2.75) is 12.3 Å². The van der Waals surface area contributed by atoms with Gasteiger partial charge in [-0.15, -0.1) is 0 Å². The molecule has 2 N–H and O–H groups in total. The Morgan fingerprint density at radius 2 is 2.00 bits per heavy atom. The lowest BCUT2D eigenvalue weighted by atomic mass is 9.88. The molecule has 0 saturated heterocycles. The molecule has 0 aromatic heterocycles. The molecule has 20 heavy (non-hydrogen) atoms. The van der Waals surface area contributed by atoms with Crippen LogP contribution in [0.5, 0.6) is 5.75 Å². The van der Waals surface area contributed by atoms with E-state index in [1.54, 1.807) is 31.3 Å². The quantitative estimate of drug-likeness (QED) is 0.907. The zero-order valence-corrected chi connectivity index (χ0v) is 11.9. The van der Waals surface area contributed by atoms with Crippen LogP contribution >= 0.6 is 11.6 Å². The summed E-state index contributed by atoms with van der Waals surface area (Å²) in [6, 6.07) is 14.4. The van der Waals surface area contributed by atoms with Crippen molar-refractivity contribution in [3.8, 4) is 5.75 Å². The second kappa shape index (κ2) is 6.44. The molecule has 2 aromatic rings. The molecule has 1 amide bonds. The fourth-order valence-electron chi connectivity index (χ4n) is 2.19. The predicted molar refractivity (Wildman–Crippen MR) is 80.1 cm³/mol. The molecule has 104 valence electrons. The lowest BCUT2D eigenvalue weighted by molar-refractivity contribution is -0.120. The summed E-state index contributed by atoms with van der Waals surface area (Å²) in [5, 5.41) is 12.9. The highest BCUT2D eigenvalue weighted by Crippen LogP contribution is 2.34. The Morgan fingerprint density at radius 1 is 1.25 bits per heavy atom. The lowest BCUT2D eigenvalue weighted by Gasteiger charge is -2.18.